The van der Waals surface area contributed by atoms with E-state index < -0.39 is 0 Å². The average molecular weight is 409 g/mol. The molecule has 0 unspecified atom stereocenters. The highest BCUT2D eigenvalue weighted by molar-refractivity contribution is 5.97. The number of carbonyl (C=O) groups is 1. The molecule has 0 radical (unpaired) electrons. The number of furan rings is 1. The van der Waals surface area contributed by atoms with Crippen LogP contribution in [0.5, 0.6) is 5.75 Å². The number of fused-ring (bicyclic) bond motifs is 1. The van der Waals surface area contributed by atoms with E-state index in [0.717, 1.165) is 34.4 Å². The number of benzene rings is 3. The first-order chi connectivity index (χ1) is 15.3. The lowest BCUT2D eigenvalue weighted by atomic mass is 9.99. The zero-order chi connectivity index (χ0) is 21.0. The van der Waals surface area contributed by atoms with E-state index in [1.165, 1.54) is 0 Å². The fourth-order valence-corrected chi connectivity index (χ4v) is 4.11. The van der Waals surface area contributed by atoms with Crippen molar-refractivity contribution >= 4 is 5.91 Å². The van der Waals surface area contributed by atoms with Gasteiger partial charge in [-0.15, -0.1) is 0 Å². The lowest BCUT2D eigenvalue weighted by molar-refractivity contribution is 0.0714. The highest BCUT2D eigenvalue weighted by Crippen LogP contribution is 2.32. The van der Waals surface area contributed by atoms with Crippen LogP contribution in [0.3, 0.4) is 0 Å². The Morgan fingerprint density at radius 3 is 2.52 bits per heavy atom. The van der Waals surface area contributed by atoms with Gasteiger partial charge in [0.25, 0.3) is 5.91 Å². The van der Waals surface area contributed by atoms with Crippen molar-refractivity contribution in [1.29, 1.82) is 0 Å². The molecule has 0 atom stereocenters. The third-order valence-corrected chi connectivity index (χ3v) is 5.62. The Bertz CT molecular complexity index is 1180. The standard InChI is InChI=1S/C27H23NO3/c29-27(25-14-6-11-21-15-17-31-26(21)25)28(19-23-12-7-16-30-23)18-22-10-4-5-13-24(22)20-8-2-1-3-9-20/h1-14,16H,15,17-19H2. The minimum Gasteiger partial charge on any atom is -0.492 e. The lowest BCUT2D eigenvalue weighted by Crippen LogP contribution is -2.30. The van der Waals surface area contributed by atoms with Crippen molar-refractivity contribution in [2.45, 2.75) is 19.5 Å². The molecule has 0 saturated carbocycles. The Hall–Kier alpha value is -3.79. The molecule has 3 aromatic carbocycles. The van der Waals surface area contributed by atoms with Crippen LogP contribution in [-0.4, -0.2) is 17.4 Å². The van der Waals surface area contributed by atoms with Gasteiger partial charge in [-0.1, -0.05) is 66.7 Å². The minimum absolute atomic E-state index is 0.0574. The van der Waals surface area contributed by atoms with Crippen molar-refractivity contribution in [2.75, 3.05) is 6.61 Å². The summed E-state index contributed by atoms with van der Waals surface area (Å²) in [7, 11) is 0. The summed E-state index contributed by atoms with van der Waals surface area (Å²) in [6, 6.07) is 28.0. The first-order valence-corrected chi connectivity index (χ1v) is 10.5. The number of carbonyl (C=O) groups excluding carboxylic acids is 1. The van der Waals surface area contributed by atoms with E-state index in [1.807, 2.05) is 65.6 Å². The third-order valence-electron chi connectivity index (χ3n) is 5.62. The summed E-state index contributed by atoms with van der Waals surface area (Å²) >= 11 is 0. The van der Waals surface area contributed by atoms with E-state index in [2.05, 4.69) is 24.3 Å². The Kier molecular flexibility index (Phi) is 5.28. The fourth-order valence-electron chi connectivity index (χ4n) is 4.11. The molecule has 4 aromatic rings. The highest BCUT2D eigenvalue weighted by Gasteiger charge is 2.25. The maximum absolute atomic E-state index is 13.7. The van der Waals surface area contributed by atoms with Crippen LogP contribution in [0.4, 0.5) is 0 Å². The van der Waals surface area contributed by atoms with Gasteiger partial charge in [-0.2, -0.15) is 0 Å². The van der Waals surface area contributed by atoms with E-state index in [0.29, 0.717) is 31.0 Å². The molecule has 0 saturated heterocycles. The van der Waals surface area contributed by atoms with E-state index in [1.54, 1.807) is 6.26 Å². The van der Waals surface area contributed by atoms with Crippen LogP contribution in [0.1, 0.15) is 27.2 Å². The molecule has 4 heteroatoms. The summed E-state index contributed by atoms with van der Waals surface area (Å²) in [5, 5.41) is 0. The molecule has 4 nitrogen and oxygen atoms in total. The van der Waals surface area contributed by atoms with Gasteiger partial charge in [-0.25, -0.2) is 0 Å². The molecule has 0 spiro atoms. The van der Waals surface area contributed by atoms with Crippen LogP contribution in [0.25, 0.3) is 11.1 Å². The number of nitrogens with zero attached hydrogens (tertiary/aromatic N) is 1. The molecule has 5 rings (SSSR count). The van der Waals surface area contributed by atoms with Crippen LogP contribution in [-0.2, 0) is 19.5 Å². The van der Waals surface area contributed by atoms with Crippen molar-refractivity contribution in [3.05, 3.63) is 114 Å². The Morgan fingerprint density at radius 2 is 1.68 bits per heavy atom. The molecule has 0 bridgehead atoms. The van der Waals surface area contributed by atoms with Gasteiger partial charge in [-0.3, -0.25) is 4.79 Å². The number of hydrogen-bond acceptors (Lipinski definition) is 3. The van der Waals surface area contributed by atoms with Crippen molar-refractivity contribution in [3.8, 4) is 16.9 Å². The molecule has 1 amide bonds. The molecular weight excluding hydrogens is 386 g/mol. The van der Waals surface area contributed by atoms with Crippen LogP contribution in [0.2, 0.25) is 0 Å². The fraction of sp³-hybridized carbons (Fsp3) is 0.148. The van der Waals surface area contributed by atoms with Gasteiger partial charge in [0.05, 0.1) is 25.0 Å². The highest BCUT2D eigenvalue weighted by atomic mass is 16.5. The molecule has 1 aliphatic rings. The van der Waals surface area contributed by atoms with Crippen molar-refractivity contribution in [3.63, 3.8) is 0 Å². The van der Waals surface area contributed by atoms with Gasteiger partial charge in [0, 0.05) is 13.0 Å². The smallest absolute Gasteiger partial charge is 0.258 e. The monoisotopic (exact) mass is 409 g/mol. The first-order valence-electron chi connectivity index (χ1n) is 10.5. The van der Waals surface area contributed by atoms with E-state index in [4.69, 9.17) is 9.15 Å². The predicted molar refractivity (Wildman–Crippen MR) is 120 cm³/mol. The van der Waals surface area contributed by atoms with Gasteiger partial charge in [0.15, 0.2) is 0 Å². The summed E-state index contributed by atoms with van der Waals surface area (Å²) in [6.07, 6.45) is 2.48. The average Bonchev–Trinajstić information content (AvgIpc) is 3.51. The zero-order valence-electron chi connectivity index (χ0n) is 17.2. The Labute approximate surface area is 181 Å². The van der Waals surface area contributed by atoms with Crippen molar-refractivity contribution in [1.82, 2.24) is 4.90 Å². The Balaban J connectivity index is 1.51. The second-order valence-corrected chi connectivity index (χ2v) is 7.66. The third kappa shape index (κ3) is 3.97. The summed E-state index contributed by atoms with van der Waals surface area (Å²) in [5.41, 5.74) is 5.04. The van der Waals surface area contributed by atoms with E-state index >= 15 is 0 Å². The van der Waals surface area contributed by atoms with Crippen LogP contribution in [0.15, 0.2) is 95.6 Å². The predicted octanol–water partition coefficient (Wildman–Crippen LogP) is 5.72. The molecule has 154 valence electrons. The molecule has 2 heterocycles. The van der Waals surface area contributed by atoms with Gasteiger partial charge in [-0.05, 0) is 40.5 Å². The largest absolute Gasteiger partial charge is 0.492 e. The maximum atomic E-state index is 13.7. The quantitative estimate of drug-likeness (QED) is 0.409. The number of rotatable bonds is 6. The van der Waals surface area contributed by atoms with Gasteiger partial charge >= 0.3 is 0 Å². The topological polar surface area (TPSA) is 42.7 Å². The summed E-state index contributed by atoms with van der Waals surface area (Å²) in [4.78, 5) is 15.5. The zero-order valence-corrected chi connectivity index (χ0v) is 17.2. The second-order valence-electron chi connectivity index (χ2n) is 7.66. The molecule has 0 N–H and O–H groups in total. The SMILES string of the molecule is O=C(c1cccc2c1OCC2)N(Cc1ccco1)Cc1ccccc1-c1ccccc1. The number of para-hydroxylation sites is 1. The molecular formula is C27H23NO3. The molecule has 1 aromatic heterocycles. The minimum atomic E-state index is -0.0574. The number of amides is 1. The summed E-state index contributed by atoms with van der Waals surface area (Å²) in [5.74, 6) is 1.41. The van der Waals surface area contributed by atoms with Gasteiger partial charge in [0.1, 0.15) is 11.5 Å². The first kappa shape index (κ1) is 19.2. The van der Waals surface area contributed by atoms with Crippen molar-refractivity contribution < 1.29 is 13.9 Å². The van der Waals surface area contributed by atoms with E-state index in [9.17, 15) is 4.79 Å². The number of ether oxygens (including phenoxy) is 1. The summed E-state index contributed by atoms with van der Waals surface area (Å²) < 4.78 is 11.4. The van der Waals surface area contributed by atoms with Crippen LogP contribution in [0, 0.1) is 0 Å². The van der Waals surface area contributed by atoms with Crippen LogP contribution < -0.4 is 4.74 Å². The van der Waals surface area contributed by atoms with Gasteiger partial charge in [0.2, 0.25) is 0 Å². The van der Waals surface area contributed by atoms with Crippen molar-refractivity contribution in [2.24, 2.45) is 0 Å². The molecule has 0 fully saturated rings. The number of hydrogen-bond donors (Lipinski definition) is 0. The van der Waals surface area contributed by atoms with E-state index in [-0.39, 0.29) is 5.91 Å². The maximum Gasteiger partial charge on any atom is 0.258 e. The summed E-state index contributed by atoms with van der Waals surface area (Å²) in [6.45, 7) is 1.47. The molecule has 31 heavy (non-hydrogen) atoms. The molecule has 1 aliphatic heterocycles. The van der Waals surface area contributed by atoms with Crippen LogP contribution >= 0.6 is 0 Å². The lowest BCUT2D eigenvalue weighted by Gasteiger charge is -2.24. The second kappa shape index (κ2) is 8.52. The van der Waals surface area contributed by atoms with Gasteiger partial charge < -0.3 is 14.1 Å². The molecule has 0 aliphatic carbocycles. The normalized spacial score (nSPS) is 12.3. The Morgan fingerprint density at radius 1 is 0.839 bits per heavy atom.